The van der Waals surface area contributed by atoms with Crippen molar-refractivity contribution in [2.24, 2.45) is 16.3 Å². The third-order valence-corrected chi connectivity index (χ3v) is 5.94. The monoisotopic (exact) mass is 480 g/mol. The average molecular weight is 480 g/mol. The van der Waals surface area contributed by atoms with Gasteiger partial charge in [-0.2, -0.15) is 0 Å². The van der Waals surface area contributed by atoms with Gasteiger partial charge in [0.25, 0.3) is 0 Å². The zero-order chi connectivity index (χ0) is 18.0. The van der Waals surface area contributed by atoms with Gasteiger partial charge in [-0.1, -0.05) is 19.8 Å². The van der Waals surface area contributed by atoms with Gasteiger partial charge in [-0.25, -0.2) is 0 Å². The number of ether oxygens (including phenoxy) is 1. The van der Waals surface area contributed by atoms with Crippen LogP contribution in [0.1, 0.15) is 59.3 Å². The summed E-state index contributed by atoms with van der Waals surface area (Å²) in [4.78, 5) is 7.51. The molecule has 5 nitrogen and oxygen atoms in total. The normalized spacial score (nSPS) is 23.0. The maximum Gasteiger partial charge on any atom is 0.191 e. The molecule has 1 aliphatic carbocycles. The van der Waals surface area contributed by atoms with Gasteiger partial charge in [0.2, 0.25) is 0 Å². The lowest BCUT2D eigenvalue weighted by molar-refractivity contribution is 0.107. The molecule has 6 heteroatoms. The Labute approximate surface area is 178 Å². The zero-order valence-corrected chi connectivity index (χ0v) is 19.5. The Kier molecular flexibility index (Phi) is 12.1. The first-order valence-corrected chi connectivity index (χ1v) is 10.5. The summed E-state index contributed by atoms with van der Waals surface area (Å²) >= 11 is 0. The molecule has 2 N–H and O–H groups in total. The molecule has 1 saturated heterocycles. The fourth-order valence-electron chi connectivity index (χ4n) is 4.24. The van der Waals surface area contributed by atoms with Crippen molar-refractivity contribution >= 4 is 29.9 Å². The maximum atomic E-state index is 5.63. The zero-order valence-electron chi connectivity index (χ0n) is 17.2. The molecule has 2 fully saturated rings. The van der Waals surface area contributed by atoms with E-state index < -0.39 is 0 Å². The quantitative estimate of drug-likeness (QED) is 0.218. The van der Waals surface area contributed by atoms with Gasteiger partial charge in [0.1, 0.15) is 0 Å². The van der Waals surface area contributed by atoms with Crippen LogP contribution in [0.25, 0.3) is 0 Å². The molecule has 154 valence electrons. The average Bonchev–Trinajstić information content (AvgIpc) is 3.27. The van der Waals surface area contributed by atoms with Crippen molar-refractivity contribution in [1.82, 2.24) is 15.5 Å². The summed E-state index contributed by atoms with van der Waals surface area (Å²) in [7, 11) is 0. The summed E-state index contributed by atoms with van der Waals surface area (Å²) in [5.41, 5.74) is 0.365. The summed E-state index contributed by atoms with van der Waals surface area (Å²) in [6, 6.07) is 0. The second-order valence-corrected chi connectivity index (χ2v) is 7.78. The van der Waals surface area contributed by atoms with Crippen LogP contribution >= 0.6 is 24.0 Å². The second-order valence-electron chi connectivity index (χ2n) is 7.78. The van der Waals surface area contributed by atoms with E-state index >= 15 is 0 Å². The minimum absolute atomic E-state index is 0. The minimum Gasteiger partial charge on any atom is -0.382 e. The van der Waals surface area contributed by atoms with Crippen molar-refractivity contribution in [2.75, 3.05) is 52.5 Å². The molecule has 2 aliphatic rings. The smallest absolute Gasteiger partial charge is 0.191 e. The van der Waals surface area contributed by atoms with Gasteiger partial charge >= 0.3 is 0 Å². The van der Waals surface area contributed by atoms with E-state index in [1.54, 1.807) is 0 Å². The van der Waals surface area contributed by atoms with Crippen LogP contribution in [0.5, 0.6) is 0 Å². The van der Waals surface area contributed by atoms with Gasteiger partial charge in [-0.15, -0.1) is 24.0 Å². The Morgan fingerprint density at radius 2 is 1.96 bits per heavy atom. The van der Waals surface area contributed by atoms with Crippen molar-refractivity contribution in [3.8, 4) is 0 Å². The first-order chi connectivity index (χ1) is 12.2. The number of rotatable bonds is 10. The third-order valence-electron chi connectivity index (χ3n) is 5.94. The van der Waals surface area contributed by atoms with E-state index in [2.05, 4.69) is 36.3 Å². The Balaban J connectivity index is 0.00000338. The lowest BCUT2D eigenvalue weighted by Crippen LogP contribution is -2.41. The minimum atomic E-state index is 0. The Morgan fingerprint density at radius 1 is 1.19 bits per heavy atom. The van der Waals surface area contributed by atoms with Crippen LogP contribution in [0.15, 0.2) is 4.99 Å². The van der Waals surface area contributed by atoms with E-state index in [-0.39, 0.29) is 24.0 Å². The fraction of sp³-hybridized carbons (Fsp3) is 0.950. The number of guanidine groups is 1. The standard InChI is InChI=1S/C20H40N4O.HI/c1-4-21-19(22-15-18-9-13-24(5-2)16-18)23-17-20(10-7-8-11-20)12-14-25-6-3;/h18H,4-17H2,1-3H3,(H2,21,22,23);1H. The van der Waals surface area contributed by atoms with Crippen LogP contribution in [0, 0.1) is 11.3 Å². The number of nitrogens with one attached hydrogen (secondary N) is 2. The summed E-state index contributed by atoms with van der Waals surface area (Å²) in [5.74, 6) is 1.75. The first kappa shape index (κ1) is 24.0. The van der Waals surface area contributed by atoms with Gasteiger partial charge in [0.15, 0.2) is 5.96 Å². The van der Waals surface area contributed by atoms with E-state index in [9.17, 15) is 0 Å². The molecule has 2 rings (SSSR count). The van der Waals surface area contributed by atoms with Gasteiger partial charge < -0.3 is 20.3 Å². The van der Waals surface area contributed by atoms with Crippen molar-refractivity contribution < 1.29 is 4.74 Å². The first-order valence-electron chi connectivity index (χ1n) is 10.5. The highest BCUT2D eigenvalue weighted by atomic mass is 127. The fourth-order valence-corrected chi connectivity index (χ4v) is 4.24. The SMILES string of the molecule is CCNC(=NCC1(CCOCC)CCCC1)NCC1CCN(CC)C1.I. The Hall–Kier alpha value is -0.0800. The molecule has 0 aromatic rings. The molecule has 1 saturated carbocycles. The van der Waals surface area contributed by atoms with Gasteiger partial charge in [-0.05, 0) is 64.0 Å². The summed E-state index contributed by atoms with van der Waals surface area (Å²) in [6.07, 6.45) is 7.76. The summed E-state index contributed by atoms with van der Waals surface area (Å²) in [5, 5.41) is 7.03. The third kappa shape index (κ3) is 7.89. The van der Waals surface area contributed by atoms with Crippen molar-refractivity contribution in [2.45, 2.75) is 59.3 Å². The lowest BCUT2D eigenvalue weighted by atomic mass is 9.83. The van der Waals surface area contributed by atoms with E-state index in [0.717, 1.165) is 51.1 Å². The number of aliphatic imine (C=N–C) groups is 1. The van der Waals surface area contributed by atoms with E-state index in [0.29, 0.717) is 5.41 Å². The summed E-state index contributed by atoms with van der Waals surface area (Å²) in [6.45, 7) is 14.7. The highest BCUT2D eigenvalue weighted by molar-refractivity contribution is 14.0. The van der Waals surface area contributed by atoms with Gasteiger partial charge in [0, 0.05) is 39.4 Å². The van der Waals surface area contributed by atoms with Crippen LogP contribution < -0.4 is 10.6 Å². The van der Waals surface area contributed by atoms with Crippen molar-refractivity contribution in [3.63, 3.8) is 0 Å². The molecule has 1 unspecified atom stereocenters. The topological polar surface area (TPSA) is 48.9 Å². The number of likely N-dealkylation sites (tertiary alicyclic amines) is 1. The Morgan fingerprint density at radius 3 is 2.58 bits per heavy atom. The van der Waals surface area contributed by atoms with Gasteiger partial charge in [0.05, 0.1) is 0 Å². The molecule has 1 atom stereocenters. The molecule has 0 bridgehead atoms. The van der Waals surface area contributed by atoms with Crippen LogP contribution in [-0.2, 0) is 4.74 Å². The number of nitrogens with zero attached hydrogens (tertiary/aromatic N) is 2. The molecule has 0 aromatic heterocycles. The van der Waals surface area contributed by atoms with E-state index in [4.69, 9.17) is 9.73 Å². The predicted octanol–water partition coefficient (Wildman–Crippen LogP) is 3.49. The van der Waals surface area contributed by atoms with Crippen LogP contribution in [-0.4, -0.2) is 63.3 Å². The van der Waals surface area contributed by atoms with Crippen LogP contribution in [0.2, 0.25) is 0 Å². The molecular weight excluding hydrogens is 439 g/mol. The molecule has 1 heterocycles. The van der Waals surface area contributed by atoms with Crippen molar-refractivity contribution in [3.05, 3.63) is 0 Å². The molecule has 26 heavy (non-hydrogen) atoms. The van der Waals surface area contributed by atoms with Crippen LogP contribution in [0.4, 0.5) is 0 Å². The highest BCUT2D eigenvalue weighted by Crippen LogP contribution is 2.41. The summed E-state index contributed by atoms with van der Waals surface area (Å²) < 4.78 is 5.63. The number of hydrogen-bond donors (Lipinski definition) is 2. The second kappa shape index (κ2) is 13.2. The molecule has 1 aliphatic heterocycles. The number of halogens is 1. The molecule has 0 radical (unpaired) electrons. The molecule has 0 spiro atoms. The lowest BCUT2D eigenvalue weighted by Gasteiger charge is -2.27. The van der Waals surface area contributed by atoms with E-state index in [1.165, 1.54) is 51.7 Å². The largest absolute Gasteiger partial charge is 0.382 e. The van der Waals surface area contributed by atoms with E-state index in [1.807, 2.05) is 0 Å². The maximum absolute atomic E-state index is 5.63. The Bertz CT molecular complexity index is 399. The predicted molar refractivity (Wildman–Crippen MR) is 122 cm³/mol. The van der Waals surface area contributed by atoms with Crippen molar-refractivity contribution in [1.29, 1.82) is 0 Å². The molecule has 0 amide bonds. The number of hydrogen-bond acceptors (Lipinski definition) is 3. The highest BCUT2D eigenvalue weighted by Gasteiger charge is 2.33. The molecular formula is C20H41IN4O. The van der Waals surface area contributed by atoms with Crippen LogP contribution in [0.3, 0.4) is 0 Å². The van der Waals surface area contributed by atoms with Gasteiger partial charge in [-0.3, -0.25) is 4.99 Å². The molecule has 0 aromatic carbocycles.